The number of phenols is 1. The van der Waals surface area contributed by atoms with Crippen molar-refractivity contribution < 1.29 is 13.7 Å². The van der Waals surface area contributed by atoms with Crippen molar-refractivity contribution in [3.8, 4) is 11.5 Å². The summed E-state index contributed by atoms with van der Waals surface area (Å²) in [4.78, 5) is 11.2. The van der Waals surface area contributed by atoms with Crippen LogP contribution in [-0.2, 0) is 0 Å². The van der Waals surface area contributed by atoms with E-state index < -0.39 is 20.5 Å². The molecule has 0 aliphatic carbocycles. The van der Waals surface area contributed by atoms with Crippen molar-refractivity contribution in [3.05, 3.63) is 54.1 Å². The standard InChI is InChI=1S/C13H9ClO3Se/c14-13(16)9-5-1-4-8-12(9)18-17-11-7-3-2-6-10(11)15/h1-8,15H. The van der Waals surface area contributed by atoms with Crippen LogP contribution >= 0.6 is 11.6 Å². The molecule has 2 rings (SSSR count). The Labute approximate surface area is 116 Å². The van der Waals surface area contributed by atoms with Gasteiger partial charge in [0.1, 0.15) is 0 Å². The molecule has 92 valence electrons. The summed E-state index contributed by atoms with van der Waals surface area (Å²) < 4.78 is 6.26. The number of carbonyl (C=O) groups is 1. The zero-order chi connectivity index (χ0) is 13.0. The summed E-state index contributed by atoms with van der Waals surface area (Å²) in [5.41, 5.74) is 0.439. The number of aromatic hydroxyl groups is 1. The van der Waals surface area contributed by atoms with Gasteiger partial charge in [-0.15, -0.1) is 0 Å². The molecule has 0 unspecified atom stereocenters. The van der Waals surface area contributed by atoms with Crippen LogP contribution in [0.5, 0.6) is 11.5 Å². The van der Waals surface area contributed by atoms with Gasteiger partial charge in [0.25, 0.3) is 0 Å². The molecule has 2 aromatic carbocycles. The van der Waals surface area contributed by atoms with Gasteiger partial charge in [-0.1, -0.05) is 0 Å². The normalized spacial score (nSPS) is 10.1. The summed E-state index contributed by atoms with van der Waals surface area (Å²) in [6.07, 6.45) is 0. The van der Waals surface area contributed by atoms with E-state index in [0.29, 0.717) is 11.3 Å². The van der Waals surface area contributed by atoms with Crippen molar-refractivity contribution in [2.45, 2.75) is 0 Å². The average Bonchev–Trinajstić information content (AvgIpc) is 2.38. The maximum atomic E-state index is 11.2. The molecular weight excluding hydrogens is 319 g/mol. The Morgan fingerprint density at radius 1 is 1.11 bits per heavy atom. The predicted molar refractivity (Wildman–Crippen MR) is 70.7 cm³/mol. The predicted octanol–water partition coefficient (Wildman–Crippen LogP) is 2.09. The summed E-state index contributed by atoms with van der Waals surface area (Å²) in [5, 5.41) is 9.05. The fourth-order valence-corrected chi connectivity index (χ4v) is 3.09. The molecule has 0 spiro atoms. The van der Waals surface area contributed by atoms with Crippen molar-refractivity contribution in [1.82, 2.24) is 0 Å². The second-order valence-corrected chi connectivity index (χ2v) is 5.37. The van der Waals surface area contributed by atoms with Crippen LogP contribution in [0.1, 0.15) is 10.4 Å². The number of halogens is 1. The Morgan fingerprint density at radius 2 is 1.78 bits per heavy atom. The number of phenolic OH excluding ortho intramolecular Hbond substituents is 1. The first-order valence-corrected chi connectivity index (χ1v) is 7.03. The molecule has 0 aliphatic heterocycles. The quantitative estimate of drug-likeness (QED) is 0.691. The minimum atomic E-state index is -0.506. The van der Waals surface area contributed by atoms with Crippen LogP contribution in [0, 0.1) is 0 Å². The molecule has 2 aromatic rings. The minimum absolute atomic E-state index is 0.0778. The van der Waals surface area contributed by atoms with E-state index >= 15 is 0 Å². The molecule has 5 heteroatoms. The van der Waals surface area contributed by atoms with Crippen molar-refractivity contribution in [3.63, 3.8) is 0 Å². The average molecular weight is 328 g/mol. The second-order valence-electron chi connectivity index (χ2n) is 3.40. The number of benzene rings is 2. The summed E-state index contributed by atoms with van der Waals surface area (Å²) in [5.74, 6) is 0.475. The maximum absolute atomic E-state index is 11.2. The van der Waals surface area contributed by atoms with Crippen molar-refractivity contribution in [2.75, 3.05) is 0 Å². The van der Waals surface area contributed by atoms with E-state index in [0.717, 1.165) is 4.46 Å². The molecule has 0 heterocycles. The Hall–Kier alpha value is -1.48. The molecule has 0 aromatic heterocycles. The van der Waals surface area contributed by atoms with Gasteiger partial charge in [-0.2, -0.15) is 0 Å². The van der Waals surface area contributed by atoms with E-state index in [1.54, 1.807) is 42.5 Å². The zero-order valence-corrected chi connectivity index (χ0v) is 11.6. The van der Waals surface area contributed by atoms with Crippen LogP contribution in [0.3, 0.4) is 0 Å². The van der Waals surface area contributed by atoms with Gasteiger partial charge in [0.05, 0.1) is 0 Å². The van der Waals surface area contributed by atoms with Gasteiger partial charge in [-0.05, 0) is 0 Å². The van der Waals surface area contributed by atoms with E-state index in [-0.39, 0.29) is 5.75 Å². The molecule has 18 heavy (non-hydrogen) atoms. The first-order chi connectivity index (χ1) is 8.68. The van der Waals surface area contributed by atoms with E-state index in [1.165, 1.54) is 0 Å². The first kappa shape index (κ1) is 13.0. The molecule has 0 atom stereocenters. The Morgan fingerprint density at radius 3 is 2.50 bits per heavy atom. The van der Waals surface area contributed by atoms with E-state index in [4.69, 9.17) is 15.4 Å². The summed E-state index contributed by atoms with van der Waals surface area (Å²) in [7, 11) is 0. The second kappa shape index (κ2) is 5.91. The van der Waals surface area contributed by atoms with Crippen molar-refractivity contribution in [1.29, 1.82) is 0 Å². The molecule has 0 aliphatic rings. The van der Waals surface area contributed by atoms with Crippen LogP contribution in [0.25, 0.3) is 0 Å². The monoisotopic (exact) mass is 328 g/mol. The topological polar surface area (TPSA) is 46.5 Å². The number of carbonyl (C=O) groups excluding carboxylic acids is 1. The zero-order valence-electron chi connectivity index (χ0n) is 9.17. The van der Waals surface area contributed by atoms with Crippen LogP contribution in [0.15, 0.2) is 48.5 Å². The van der Waals surface area contributed by atoms with Crippen molar-refractivity contribution >= 4 is 36.6 Å². The molecule has 0 radical (unpaired) electrons. The number of hydrogen-bond donors (Lipinski definition) is 1. The molecule has 0 bridgehead atoms. The fourth-order valence-electron chi connectivity index (χ4n) is 1.32. The van der Waals surface area contributed by atoms with Crippen LogP contribution < -0.4 is 8.28 Å². The van der Waals surface area contributed by atoms with Gasteiger partial charge >= 0.3 is 116 Å². The van der Waals surface area contributed by atoms with Gasteiger partial charge in [0.2, 0.25) is 0 Å². The van der Waals surface area contributed by atoms with Crippen LogP contribution in [0.2, 0.25) is 0 Å². The third-order valence-corrected chi connectivity index (χ3v) is 4.06. The fraction of sp³-hybridized carbons (Fsp3) is 0. The van der Waals surface area contributed by atoms with E-state index in [9.17, 15) is 9.90 Å². The number of hydrogen-bond acceptors (Lipinski definition) is 3. The van der Waals surface area contributed by atoms with E-state index in [1.807, 2.05) is 6.07 Å². The van der Waals surface area contributed by atoms with Gasteiger partial charge in [-0.25, -0.2) is 0 Å². The molecular formula is C13H9ClO3Se. The molecule has 0 amide bonds. The summed E-state index contributed by atoms with van der Waals surface area (Å²) >= 11 is 5.06. The number of para-hydroxylation sites is 2. The Kier molecular flexibility index (Phi) is 4.26. The number of rotatable bonds is 4. The van der Waals surface area contributed by atoms with E-state index in [2.05, 4.69) is 0 Å². The summed E-state index contributed by atoms with van der Waals surface area (Å²) in [6, 6.07) is 13.7. The van der Waals surface area contributed by atoms with Crippen LogP contribution in [-0.4, -0.2) is 25.6 Å². The molecule has 3 nitrogen and oxygen atoms in total. The van der Waals surface area contributed by atoms with Crippen LogP contribution in [0.4, 0.5) is 0 Å². The SMILES string of the molecule is O=C(Cl)c1ccccc1[Se]Oc1ccccc1O. The third-order valence-electron chi connectivity index (χ3n) is 2.19. The molecule has 0 saturated heterocycles. The third kappa shape index (κ3) is 3.05. The van der Waals surface area contributed by atoms with Gasteiger partial charge in [0, 0.05) is 0 Å². The molecule has 1 N–H and O–H groups in total. The van der Waals surface area contributed by atoms with Gasteiger partial charge in [0.15, 0.2) is 0 Å². The molecule has 0 saturated carbocycles. The Bertz CT molecular complexity index is 572. The van der Waals surface area contributed by atoms with Gasteiger partial charge < -0.3 is 0 Å². The van der Waals surface area contributed by atoms with Crippen molar-refractivity contribution in [2.24, 2.45) is 0 Å². The van der Waals surface area contributed by atoms with Gasteiger partial charge in [-0.3, -0.25) is 0 Å². The summed E-state index contributed by atoms with van der Waals surface area (Å²) in [6.45, 7) is 0. The Balaban J connectivity index is 2.16. The first-order valence-electron chi connectivity index (χ1n) is 5.10. The molecule has 0 fully saturated rings.